The molecule has 1 aromatic heterocycles. The van der Waals surface area contributed by atoms with Crippen molar-refractivity contribution in [2.75, 3.05) is 5.75 Å². The van der Waals surface area contributed by atoms with Gasteiger partial charge in [-0.3, -0.25) is 0 Å². The smallest absolute Gasteiger partial charge is 0.231 e. The van der Waals surface area contributed by atoms with Crippen LogP contribution in [-0.4, -0.2) is 18.6 Å². The van der Waals surface area contributed by atoms with Gasteiger partial charge in [0, 0.05) is 4.47 Å². The molecule has 1 aliphatic heterocycles. The fourth-order valence-corrected chi connectivity index (χ4v) is 4.43. The summed E-state index contributed by atoms with van der Waals surface area (Å²) in [6.45, 7) is 1.97. The predicted octanol–water partition coefficient (Wildman–Crippen LogP) is 4.07. The summed E-state index contributed by atoms with van der Waals surface area (Å²) in [6.07, 6.45) is 4.88. The number of halogens is 1. The lowest BCUT2D eigenvalue weighted by molar-refractivity contribution is 0.309. The van der Waals surface area contributed by atoms with Crippen LogP contribution in [0.3, 0.4) is 0 Å². The van der Waals surface area contributed by atoms with Crippen LogP contribution in [0.2, 0.25) is 0 Å². The molecule has 1 atom stereocenters. The molecule has 7 heteroatoms. The second-order valence-corrected chi connectivity index (χ2v) is 8.51. The predicted molar refractivity (Wildman–Crippen MR) is 97.2 cm³/mol. The molecule has 0 fully saturated rings. The maximum Gasteiger partial charge on any atom is 0.231 e. The Morgan fingerprint density at radius 2 is 2.00 bits per heavy atom. The number of furan rings is 1. The molecule has 1 N–H and O–H groups in total. The number of sulfonamides is 1. The average Bonchev–Trinajstić information content (AvgIpc) is 3.23. The molecule has 0 spiro atoms. The summed E-state index contributed by atoms with van der Waals surface area (Å²) in [5.41, 5.74) is 4.72. The SMILES string of the molecule is CCCCS(=O)(=O)N1NC(c2ccc(Br)cc2)=C[C@@H]1c1ccco1. The Labute approximate surface area is 150 Å². The first-order valence-electron chi connectivity index (χ1n) is 7.81. The van der Waals surface area contributed by atoms with E-state index in [0.717, 1.165) is 22.2 Å². The lowest BCUT2D eigenvalue weighted by atomic mass is 10.1. The van der Waals surface area contributed by atoms with Crippen LogP contribution in [0.4, 0.5) is 0 Å². The number of nitrogens with one attached hydrogen (secondary N) is 1. The monoisotopic (exact) mass is 410 g/mol. The molecule has 3 rings (SSSR count). The molecule has 0 saturated heterocycles. The highest BCUT2D eigenvalue weighted by atomic mass is 79.9. The fraction of sp³-hybridized carbons (Fsp3) is 0.294. The van der Waals surface area contributed by atoms with Crippen LogP contribution in [0.15, 0.2) is 57.6 Å². The Kier molecular flexibility index (Phi) is 5.12. The Balaban J connectivity index is 1.94. The van der Waals surface area contributed by atoms with Gasteiger partial charge in [-0.1, -0.05) is 41.4 Å². The molecule has 1 aromatic carbocycles. The zero-order valence-corrected chi connectivity index (χ0v) is 15.7. The minimum Gasteiger partial charge on any atom is -0.467 e. The number of hydrogen-bond donors (Lipinski definition) is 1. The molecule has 1 aliphatic rings. The van der Waals surface area contributed by atoms with Crippen molar-refractivity contribution in [3.8, 4) is 0 Å². The van der Waals surface area contributed by atoms with Gasteiger partial charge in [0.05, 0.1) is 17.7 Å². The van der Waals surface area contributed by atoms with Crippen LogP contribution in [0, 0.1) is 0 Å². The topological polar surface area (TPSA) is 62.6 Å². The van der Waals surface area contributed by atoms with Gasteiger partial charge in [-0.15, -0.1) is 4.41 Å². The van der Waals surface area contributed by atoms with E-state index in [-0.39, 0.29) is 5.75 Å². The van der Waals surface area contributed by atoms with E-state index >= 15 is 0 Å². The highest BCUT2D eigenvalue weighted by molar-refractivity contribution is 9.10. The zero-order chi connectivity index (χ0) is 17.2. The van der Waals surface area contributed by atoms with E-state index in [2.05, 4.69) is 21.4 Å². The van der Waals surface area contributed by atoms with Crippen molar-refractivity contribution in [2.45, 2.75) is 25.8 Å². The number of hydrogen-bond acceptors (Lipinski definition) is 4. The van der Waals surface area contributed by atoms with E-state index in [0.29, 0.717) is 12.2 Å². The number of benzene rings is 1. The van der Waals surface area contributed by atoms with E-state index in [4.69, 9.17) is 4.42 Å². The molecular weight excluding hydrogens is 392 g/mol. The molecule has 5 nitrogen and oxygen atoms in total. The molecule has 0 saturated carbocycles. The Bertz CT molecular complexity index is 814. The quantitative estimate of drug-likeness (QED) is 0.779. The first-order chi connectivity index (χ1) is 11.5. The second kappa shape index (κ2) is 7.13. The van der Waals surface area contributed by atoms with Gasteiger partial charge in [0.1, 0.15) is 11.8 Å². The van der Waals surface area contributed by atoms with Crippen molar-refractivity contribution in [1.29, 1.82) is 0 Å². The average molecular weight is 411 g/mol. The molecule has 2 aromatic rings. The van der Waals surface area contributed by atoms with Gasteiger partial charge < -0.3 is 9.84 Å². The number of rotatable bonds is 6. The van der Waals surface area contributed by atoms with Gasteiger partial charge in [0.15, 0.2) is 0 Å². The van der Waals surface area contributed by atoms with Crippen LogP contribution in [-0.2, 0) is 10.0 Å². The Hall–Kier alpha value is -1.57. The summed E-state index contributed by atoms with van der Waals surface area (Å²) in [7, 11) is -3.45. The van der Waals surface area contributed by atoms with Gasteiger partial charge in [-0.2, -0.15) is 0 Å². The largest absolute Gasteiger partial charge is 0.467 e. The van der Waals surface area contributed by atoms with Crippen LogP contribution >= 0.6 is 15.9 Å². The molecule has 0 amide bonds. The minimum absolute atomic E-state index is 0.106. The number of hydrazine groups is 1. The first kappa shape index (κ1) is 17.3. The third kappa shape index (κ3) is 3.58. The van der Waals surface area contributed by atoms with Gasteiger partial charge in [0.2, 0.25) is 10.0 Å². The van der Waals surface area contributed by atoms with E-state index in [1.165, 1.54) is 4.41 Å². The lowest BCUT2D eigenvalue weighted by Crippen LogP contribution is -2.40. The summed E-state index contributed by atoms with van der Waals surface area (Å²) in [5, 5.41) is 0. The lowest BCUT2D eigenvalue weighted by Gasteiger charge is -2.23. The molecule has 0 bridgehead atoms. The molecule has 0 aliphatic carbocycles. The van der Waals surface area contributed by atoms with Crippen LogP contribution in [0.5, 0.6) is 0 Å². The van der Waals surface area contributed by atoms with Gasteiger partial charge in [-0.05, 0) is 42.3 Å². The van der Waals surface area contributed by atoms with Gasteiger partial charge in [0.25, 0.3) is 0 Å². The minimum atomic E-state index is -3.45. The zero-order valence-electron chi connectivity index (χ0n) is 13.3. The van der Waals surface area contributed by atoms with Crippen LogP contribution in [0.1, 0.15) is 37.1 Å². The summed E-state index contributed by atoms with van der Waals surface area (Å²) >= 11 is 3.41. The maximum atomic E-state index is 12.7. The maximum absolute atomic E-state index is 12.7. The number of nitrogens with zero attached hydrogens (tertiary/aromatic N) is 1. The van der Waals surface area contributed by atoms with Gasteiger partial charge >= 0.3 is 0 Å². The van der Waals surface area contributed by atoms with Crippen LogP contribution < -0.4 is 5.43 Å². The van der Waals surface area contributed by atoms with Crippen molar-refractivity contribution in [1.82, 2.24) is 9.84 Å². The summed E-state index contributed by atoms with van der Waals surface area (Å²) in [6, 6.07) is 10.8. The highest BCUT2D eigenvalue weighted by Gasteiger charge is 2.36. The van der Waals surface area contributed by atoms with Crippen molar-refractivity contribution in [2.24, 2.45) is 0 Å². The summed E-state index contributed by atoms with van der Waals surface area (Å²) in [5.74, 6) is 0.699. The molecule has 2 heterocycles. The summed E-state index contributed by atoms with van der Waals surface area (Å²) < 4.78 is 33.1. The third-order valence-electron chi connectivity index (χ3n) is 3.85. The second-order valence-electron chi connectivity index (χ2n) is 5.62. The fourth-order valence-electron chi connectivity index (χ4n) is 2.57. The molecule has 24 heavy (non-hydrogen) atoms. The third-order valence-corrected chi connectivity index (χ3v) is 6.10. The Morgan fingerprint density at radius 3 is 2.62 bits per heavy atom. The van der Waals surface area contributed by atoms with Gasteiger partial charge in [-0.25, -0.2) is 8.42 Å². The molecule has 128 valence electrons. The van der Waals surface area contributed by atoms with Crippen molar-refractivity contribution >= 4 is 31.7 Å². The van der Waals surface area contributed by atoms with Crippen molar-refractivity contribution in [3.63, 3.8) is 0 Å². The highest BCUT2D eigenvalue weighted by Crippen LogP contribution is 2.34. The first-order valence-corrected chi connectivity index (χ1v) is 10.2. The van der Waals surface area contributed by atoms with E-state index in [1.807, 2.05) is 37.3 Å². The molecular formula is C17H19BrN2O3S. The normalized spacial score (nSPS) is 18.4. The van der Waals surface area contributed by atoms with Crippen molar-refractivity contribution in [3.05, 3.63) is 64.5 Å². The van der Waals surface area contributed by atoms with Crippen molar-refractivity contribution < 1.29 is 12.8 Å². The van der Waals surface area contributed by atoms with E-state index < -0.39 is 16.1 Å². The molecule has 0 unspecified atom stereocenters. The van der Waals surface area contributed by atoms with E-state index in [9.17, 15) is 8.42 Å². The molecule has 0 radical (unpaired) electrons. The summed E-state index contributed by atoms with van der Waals surface area (Å²) in [4.78, 5) is 0. The Morgan fingerprint density at radius 1 is 1.25 bits per heavy atom. The van der Waals surface area contributed by atoms with Crippen LogP contribution in [0.25, 0.3) is 5.70 Å². The standard InChI is InChI=1S/C17H19BrN2O3S/c1-2-3-11-24(21,22)20-16(17-5-4-10-23-17)12-15(19-20)13-6-8-14(18)9-7-13/h4-10,12,16,19H,2-3,11H2,1H3/t16-/m1/s1. The van der Waals surface area contributed by atoms with E-state index in [1.54, 1.807) is 18.4 Å². The number of unbranched alkanes of at least 4 members (excludes halogenated alkanes) is 1.